The summed E-state index contributed by atoms with van der Waals surface area (Å²) in [4.78, 5) is 0. The number of hydrogen-bond acceptors (Lipinski definition) is 1. The maximum atomic E-state index is 3.44. The third kappa shape index (κ3) is 3.64. The first-order valence-electron chi connectivity index (χ1n) is 6.59. The van der Waals surface area contributed by atoms with Gasteiger partial charge in [0.2, 0.25) is 0 Å². The van der Waals surface area contributed by atoms with E-state index in [4.69, 9.17) is 0 Å². The van der Waals surface area contributed by atoms with Gasteiger partial charge in [-0.15, -0.1) is 0 Å². The Morgan fingerprint density at radius 2 is 1.88 bits per heavy atom. The van der Waals surface area contributed by atoms with Gasteiger partial charge in [0.15, 0.2) is 0 Å². The van der Waals surface area contributed by atoms with E-state index in [1.165, 1.54) is 44.3 Å². The van der Waals surface area contributed by atoms with E-state index >= 15 is 0 Å². The minimum atomic E-state index is 0.825. The smallest absolute Gasteiger partial charge is 0.00463 e. The van der Waals surface area contributed by atoms with Crippen LogP contribution in [-0.4, -0.2) is 13.1 Å². The van der Waals surface area contributed by atoms with Crippen LogP contribution in [0.4, 0.5) is 0 Å². The topological polar surface area (TPSA) is 12.0 Å². The van der Waals surface area contributed by atoms with Crippen molar-refractivity contribution < 1.29 is 0 Å². The van der Waals surface area contributed by atoms with Gasteiger partial charge in [0.25, 0.3) is 0 Å². The van der Waals surface area contributed by atoms with Crippen LogP contribution in [0, 0.1) is 11.8 Å². The highest BCUT2D eigenvalue weighted by molar-refractivity contribution is 5.15. The molecule has 1 aliphatic heterocycles. The third-order valence-corrected chi connectivity index (χ3v) is 3.62. The van der Waals surface area contributed by atoms with E-state index in [-0.39, 0.29) is 0 Å². The van der Waals surface area contributed by atoms with Crippen molar-refractivity contribution in [3.8, 4) is 0 Å². The van der Waals surface area contributed by atoms with Gasteiger partial charge in [0.05, 0.1) is 0 Å². The summed E-state index contributed by atoms with van der Waals surface area (Å²) in [5.74, 6) is 1.78. The van der Waals surface area contributed by atoms with Crippen LogP contribution in [0.5, 0.6) is 0 Å². The van der Waals surface area contributed by atoms with Gasteiger partial charge in [-0.2, -0.15) is 0 Å². The number of piperidine rings is 1. The van der Waals surface area contributed by atoms with Gasteiger partial charge in [-0.05, 0) is 56.2 Å². The lowest BCUT2D eigenvalue weighted by Crippen LogP contribution is -2.28. The molecular weight excluding hydrogens is 194 g/mol. The van der Waals surface area contributed by atoms with E-state index in [9.17, 15) is 0 Å². The molecule has 1 nitrogen and oxygen atoms in total. The predicted octanol–water partition coefficient (Wildman–Crippen LogP) is 3.25. The molecule has 1 aromatic carbocycles. The molecule has 0 aromatic heterocycles. The van der Waals surface area contributed by atoms with Crippen LogP contribution in [0.1, 0.15) is 31.7 Å². The van der Waals surface area contributed by atoms with Crippen molar-refractivity contribution >= 4 is 0 Å². The third-order valence-electron chi connectivity index (χ3n) is 3.62. The predicted molar refractivity (Wildman–Crippen MR) is 69.5 cm³/mol. The normalized spacial score (nSPS) is 19.6. The minimum Gasteiger partial charge on any atom is -0.317 e. The standard InChI is InChI=1S/C15H23N/c1-13(11-14-5-3-2-4-6-14)12-15-7-9-16-10-8-15/h2-6,13,15-16H,7-12H2,1H3/t13-/m1/s1. The van der Waals surface area contributed by atoms with Crippen LogP contribution < -0.4 is 5.32 Å². The molecule has 0 spiro atoms. The molecule has 0 aliphatic carbocycles. The average Bonchev–Trinajstić information content (AvgIpc) is 2.31. The fraction of sp³-hybridized carbons (Fsp3) is 0.600. The highest BCUT2D eigenvalue weighted by Gasteiger charge is 2.16. The van der Waals surface area contributed by atoms with Gasteiger partial charge in [-0.1, -0.05) is 37.3 Å². The van der Waals surface area contributed by atoms with E-state index in [0.717, 1.165) is 11.8 Å². The number of hydrogen-bond donors (Lipinski definition) is 1. The summed E-state index contributed by atoms with van der Waals surface area (Å²) in [6.45, 7) is 4.85. The average molecular weight is 217 g/mol. The Balaban J connectivity index is 1.77. The SMILES string of the molecule is C[C@H](Cc1ccccc1)CC1CCNCC1. The second-order valence-electron chi connectivity index (χ2n) is 5.22. The molecule has 0 radical (unpaired) electrons. The molecule has 0 unspecified atom stereocenters. The second-order valence-corrected chi connectivity index (χ2v) is 5.22. The van der Waals surface area contributed by atoms with Crippen molar-refractivity contribution in [3.05, 3.63) is 35.9 Å². The van der Waals surface area contributed by atoms with Crippen molar-refractivity contribution in [2.24, 2.45) is 11.8 Å². The summed E-state index contributed by atoms with van der Waals surface area (Å²) in [5.41, 5.74) is 1.49. The van der Waals surface area contributed by atoms with Gasteiger partial charge in [-0.3, -0.25) is 0 Å². The zero-order chi connectivity index (χ0) is 11.2. The first-order valence-corrected chi connectivity index (χ1v) is 6.59. The summed E-state index contributed by atoms with van der Waals surface area (Å²) in [6, 6.07) is 10.9. The van der Waals surface area contributed by atoms with Crippen LogP contribution in [0.15, 0.2) is 30.3 Å². The molecule has 2 rings (SSSR count). The van der Waals surface area contributed by atoms with Crippen molar-refractivity contribution in [3.63, 3.8) is 0 Å². The Bertz CT molecular complexity index is 288. The zero-order valence-electron chi connectivity index (χ0n) is 10.3. The van der Waals surface area contributed by atoms with Crippen LogP contribution >= 0.6 is 0 Å². The Hall–Kier alpha value is -0.820. The highest BCUT2D eigenvalue weighted by atomic mass is 14.9. The summed E-state index contributed by atoms with van der Waals surface area (Å²) < 4.78 is 0. The van der Waals surface area contributed by atoms with Gasteiger partial charge in [0, 0.05) is 0 Å². The molecule has 0 amide bonds. The molecule has 1 aliphatic rings. The monoisotopic (exact) mass is 217 g/mol. The lowest BCUT2D eigenvalue weighted by Gasteiger charge is -2.25. The van der Waals surface area contributed by atoms with E-state index in [1.54, 1.807) is 0 Å². The Morgan fingerprint density at radius 3 is 2.56 bits per heavy atom. The quantitative estimate of drug-likeness (QED) is 0.816. The molecule has 1 saturated heterocycles. The Labute approximate surface area is 99.3 Å². The van der Waals surface area contributed by atoms with Gasteiger partial charge < -0.3 is 5.32 Å². The van der Waals surface area contributed by atoms with Gasteiger partial charge in [-0.25, -0.2) is 0 Å². The zero-order valence-corrected chi connectivity index (χ0v) is 10.3. The highest BCUT2D eigenvalue weighted by Crippen LogP contribution is 2.23. The molecule has 1 heterocycles. The number of rotatable bonds is 4. The molecule has 1 fully saturated rings. The van der Waals surface area contributed by atoms with E-state index in [0.29, 0.717) is 0 Å². The van der Waals surface area contributed by atoms with E-state index < -0.39 is 0 Å². The summed E-state index contributed by atoms with van der Waals surface area (Å²) in [5, 5.41) is 3.44. The fourth-order valence-corrected chi connectivity index (χ4v) is 2.79. The Morgan fingerprint density at radius 1 is 1.19 bits per heavy atom. The maximum absolute atomic E-state index is 3.44. The van der Waals surface area contributed by atoms with Gasteiger partial charge >= 0.3 is 0 Å². The Kier molecular flexibility index (Phi) is 4.41. The second kappa shape index (κ2) is 6.05. The van der Waals surface area contributed by atoms with Crippen LogP contribution in [0.25, 0.3) is 0 Å². The lowest BCUT2D eigenvalue weighted by molar-refractivity contribution is 0.307. The number of benzene rings is 1. The van der Waals surface area contributed by atoms with Crippen LogP contribution in [0.3, 0.4) is 0 Å². The molecule has 88 valence electrons. The van der Waals surface area contributed by atoms with Gasteiger partial charge in [0.1, 0.15) is 0 Å². The number of nitrogens with one attached hydrogen (secondary N) is 1. The molecular formula is C15H23N. The molecule has 16 heavy (non-hydrogen) atoms. The largest absolute Gasteiger partial charge is 0.317 e. The fourth-order valence-electron chi connectivity index (χ4n) is 2.79. The first-order chi connectivity index (χ1) is 7.84. The maximum Gasteiger partial charge on any atom is -0.00463 e. The van der Waals surface area contributed by atoms with E-state index in [1.807, 2.05) is 0 Å². The minimum absolute atomic E-state index is 0.825. The van der Waals surface area contributed by atoms with Crippen molar-refractivity contribution in [2.75, 3.05) is 13.1 Å². The van der Waals surface area contributed by atoms with Crippen molar-refractivity contribution in [2.45, 2.75) is 32.6 Å². The summed E-state index contributed by atoms with van der Waals surface area (Å²) in [6.07, 6.45) is 5.39. The molecule has 0 saturated carbocycles. The first kappa shape index (κ1) is 11.7. The molecule has 1 atom stereocenters. The molecule has 1 heteroatoms. The van der Waals surface area contributed by atoms with Crippen molar-refractivity contribution in [1.82, 2.24) is 5.32 Å². The van der Waals surface area contributed by atoms with E-state index in [2.05, 4.69) is 42.6 Å². The van der Waals surface area contributed by atoms with Crippen LogP contribution in [0.2, 0.25) is 0 Å². The summed E-state index contributed by atoms with van der Waals surface area (Å²) in [7, 11) is 0. The molecule has 1 N–H and O–H groups in total. The lowest BCUT2D eigenvalue weighted by atomic mass is 9.86. The summed E-state index contributed by atoms with van der Waals surface area (Å²) >= 11 is 0. The molecule has 0 bridgehead atoms. The van der Waals surface area contributed by atoms with Crippen molar-refractivity contribution in [1.29, 1.82) is 0 Å². The molecule has 1 aromatic rings. The van der Waals surface area contributed by atoms with Crippen LogP contribution in [-0.2, 0) is 6.42 Å².